The summed E-state index contributed by atoms with van der Waals surface area (Å²) in [5.74, 6) is 0.809. The zero-order valence-corrected chi connectivity index (χ0v) is 19.8. The Kier molecular flexibility index (Phi) is 8.75. The topological polar surface area (TPSA) is 32.6 Å². The third kappa shape index (κ3) is 6.81. The van der Waals surface area contributed by atoms with Crippen LogP contribution >= 0.6 is 0 Å². The molecule has 3 aromatic rings. The van der Waals surface area contributed by atoms with Crippen LogP contribution in [0.1, 0.15) is 87.7 Å². The summed E-state index contributed by atoms with van der Waals surface area (Å²) >= 11 is 0. The fourth-order valence-electron chi connectivity index (χ4n) is 5.02. The maximum Gasteiger partial charge on any atom is 0.127 e. The van der Waals surface area contributed by atoms with Gasteiger partial charge in [0.2, 0.25) is 0 Å². The molecule has 0 aromatic heterocycles. The molecular weight excluding hydrogens is 402 g/mol. The summed E-state index contributed by atoms with van der Waals surface area (Å²) in [5.41, 5.74) is 5.14. The van der Waals surface area contributed by atoms with E-state index in [1.165, 1.54) is 63.4 Å². The summed E-state index contributed by atoms with van der Waals surface area (Å²) in [6, 6.07) is 24.8. The van der Waals surface area contributed by atoms with Gasteiger partial charge >= 0.3 is 0 Å². The molecule has 1 aliphatic carbocycles. The van der Waals surface area contributed by atoms with E-state index < -0.39 is 0 Å². The molecule has 0 atom stereocenters. The van der Waals surface area contributed by atoms with Crippen molar-refractivity contribution in [3.05, 3.63) is 83.9 Å². The summed E-state index contributed by atoms with van der Waals surface area (Å²) in [4.78, 5) is 4.66. The minimum atomic E-state index is 0.400. The van der Waals surface area contributed by atoms with E-state index in [1.54, 1.807) is 0 Å². The van der Waals surface area contributed by atoms with Gasteiger partial charge in [-0.25, -0.2) is 0 Å². The van der Waals surface area contributed by atoms with Crippen molar-refractivity contribution < 1.29 is 5.11 Å². The Morgan fingerprint density at radius 1 is 0.636 bits per heavy atom. The third-order valence-corrected chi connectivity index (χ3v) is 6.93. The van der Waals surface area contributed by atoms with Crippen molar-refractivity contribution in [1.29, 1.82) is 0 Å². The van der Waals surface area contributed by atoms with Crippen LogP contribution in [0, 0.1) is 0 Å². The lowest BCUT2D eigenvalue weighted by atomic mass is 9.84. The molecule has 2 nitrogen and oxygen atoms in total. The van der Waals surface area contributed by atoms with Gasteiger partial charge in [0.25, 0.3) is 0 Å². The molecule has 0 radical (unpaired) electrons. The van der Waals surface area contributed by atoms with Gasteiger partial charge < -0.3 is 5.11 Å². The number of para-hydroxylation sites is 1. The Morgan fingerprint density at radius 2 is 1.18 bits per heavy atom. The first-order chi connectivity index (χ1) is 16.3. The van der Waals surface area contributed by atoms with Gasteiger partial charge in [-0.3, -0.25) is 4.99 Å². The highest BCUT2D eigenvalue weighted by Gasteiger charge is 2.19. The molecule has 0 aliphatic heterocycles. The highest BCUT2D eigenvalue weighted by atomic mass is 16.3. The average molecular weight is 440 g/mol. The lowest BCUT2D eigenvalue weighted by Gasteiger charge is -2.21. The molecule has 1 saturated carbocycles. The zero-order chi connectivity index (χ0) is 22.7. The van der Waals surface area contributed by atoms with Crippen LogP contribution in [-0.2, 0) is 0 Å². The maximum absolute atomic E-state index is 11.4. The Bertz CT molecular complexity index is 998. The molecular formula is C31H37NO. The minimum Gasteiger partial charge on any atom is -0.507 e. The number of nitrogens with zero attached hydrogens (tertiary/aromatic N) is 1. The number of benzene rings is 3. The predicted octanol–water partition coefficient (Wildman–Crippen LogP) is 9.20. The molecule has 0 amide bonds. The molecule has 4 rings (SSSR count). The number of rotatable bonds is 4. The second-order valence-electron chi connectivity index (χ2n) is 9.42. The predicted molar refractivity (Wildman–Crippen MR) is 141 cm³/mol. The normalized spacial score (nSPS) is 16.8. The standard InChI is InChI=1S/C31H37NO/c33-31-28(24-32-29-20-14-9-15-21-29)22-27(25-16-12-8-13-17-25)23-30(31)26-18-10-6-4-2-1-3-5-7-11-19-26/h8-9,12-17,20-24,26,33H,1-7,10-11,18-19H2. The fourth-order valence-corrected chi connectivity index (χ4v) is 5.02. The van der Waals surface area contributed by atoms with Crippen LogP contribution in [0.2, 0.25) is 0 Å². The van der Waals surface area contributed by atoms with Gasteiger partial charge in [0, 0.05) is 11.8 Å². The van der Waals surface area contributed by atoms with Crippen LogP contribution in [0.15, 0.2) is 77.8 Å². The van der Waals surface area contributed by atoms with E-state index in [4.69, 9.17) is 0 Å². The van der Waals surface area contributed by atoms with E-state index in [1.807, 2.05) is 36.5 Å². The zero-order valence-electron chi connectivity index (χ0n) is 19.8. The van der Waals surface area contributed by atoms with Crippen molar-refractivity contribution in [1.82, 2.24) is 0 Å². The number of hydrogen-bond acceptors (Lipinski definition) is 2. The molecule has 1 N–H and O–H groups in total. The van der Waals surface area contributed by atoms with Gasteiger partial charge in [0.1, 0.15) is 5.75 Å². The monoisotopic (exact) mass is 439 g/mol. The van der Waals surface area contributed by atoms with Crippen molar-refractivity contribution in [2.45, 2.75) is 76.5 Å². The molecule has 0 bridgehead atoms. The van der Waals surface area contributed by atoms with E-state index in [0.29, 0.717) is 11.7 Å². The van der Waals surface area contributed by atoms with Crippen molar-refractivity contribution in [2.24, 2.45) is 4.99 Å². The lowest BCUT2D eigenvalue weighted by molar-refractivity contribution is 0.432. The number of aliphatic imine (C=N–C) groups is 1. The Morgan fingerprint density at radius 3 is 1.79 bits per heavy atom. The summed E-state index contributed by atoms with van der Waals surface area (Å²) in [7, 11) is 0. The number of aromatic hydroxyl groups is 1. The molecule has 2 heteroatoms. The Labute approximate surface area is 199 Å². The van der Waals surface area contributed by atoms with E-state index >= 15 is 0 Å². The molecule has 3 aromatic carbocycles. The molecule has 1 aliphatic rings. The van der Waals surface area contributed by atoms with Gasteiger partial charge in [-0.1, -0.05) is 106 Å². The maximum atomic E-state index is 11.4. The van der Waals surface area contributed by atoms with Crippen molar-refractivity contribution in [3.8, 4) is 16.9 Å². The van der Waals surface area contributed by atoms with Gasteiger partial charge in [-0.05, 0) is 59.7 Å². The third-order valence-electron chi connectivity index (χ3n) is 6.93. The first kappa shape index (κ1) is 23.3. The molecule has 172 valence electrons. The SMILES string of the molecule is Oc1c(C=Nc2ccccc2)cc(-c2ccccc2)cc1C1CCCCCCCCCCC1. The summed E-state index contributed by atoms with van der Waals surface area (Å²) < 4.78 is 0. The Hall–Kier alpha value is -2.87. The second kappa shape index (κ2) is 12.4. The first-order valence-corrected chi connectivity index (χ1v) is 12.8. The van der Waals surface area contributed by atoms with Gasteiger partial charge in [0.05, 0.1) is 5.69 Å². The van der Waals surface area contributed by atoms with E-state index in [9.17, 15) is 5.11 Å². The molecule has 0 spiro atoms. The highest BCUT2D eigenvalue weighted by molar-refractivity contribution is 5.88. The number of hydrogen-bond donors (Lipinski definition) is 1. The average Bonchev–Trinajstić information content (AvgIpc) is 2.85. The van der Waals surface area contributed by atoms with E-state index in [2.05, 4.69) is 47.5 Å². The van der Waals surface area contributed by atoms with Crippen LogP contribution in [0.5, 0.6) is 5.75 Å². The molecule has 0 heterocycles. The molecule has 0 saturated heterocycles. The van der Waals surface area contributed by atoms with Crippen molar-refractivity contribution in [3.63, 3.8) is 0 Å². The second-order valence-corrected chi connectivity index (χ2v) is 9.42. The van der Waals surface area contributed by atoms with Crippen LogP contribution in [0.4, 0.5) is 5.69 Å². The van der Waals surface area contributed by atoms with E-state index in [0.717, 1.165) is 35.2 Å². The summed E-state index contributed by atoms with van der Waals surface area (Å²) in [6.45, 7) is 0. The van der Waals surface area contributed by atoms with Gasteiger partial charge in [-0.15, -0.1) is 0 Å². The smallest absolute Gasteiger partial charge is 0.127 e. The Balaban J connectivity index is 1.69. The summed E-state index contributed by atoms with van der Waals surface area (Å²) in [6.07, 6.45) is 16.1. The van der Waals surface area contributed by atoms with Crippen LogP contribution in [-0.4, -0.2) is 11.3 Å². The van der Waals surface area contributed by atoms with Crippen LogP contribution in [0.3, 0.4) is 0 Å². The fraction of sp³-hybridized carbons (Fsp3) is 0.387. The molecule has 1 fully saturated rings. The van der Waals surface area contributed by atoms with Crippen molar-refractivity contribution in [2.75, 3.05) is 0 Å². The first-order valence-electron chi connectivity index (χ1n) is 12.8. The van der Waals surface area contributed by atoms with Crippen molar-refractivity contribution >= 4 is 11.9 Å². The van der Waals surface area contributed by atoms with Crippen LogP contribution < -0.4 is 0 Å². The highest BCUT2D eigenvalue weighted by Crippen LogP contribution is 2.39. The molecule has 0 unspecified atom stereocenters. The minimum absolute atomic E-state index is 0.400. The van der Waals surface area contributed by atoms with Gasteiger partial charge in [0.15, 0.2) is 0 Å². The quantitative estimate of drug-likeness (QED) is 0.404. The number of phenolic OH excluding ortho intramolecular Hbond substituents is 1. The summed E-state index contributed by atoms with van der Waals surface area (Å²) in [5, 5.41) is 11.4. The van der Waals surface area contributed by atoms with Crippen LogP contribution in [0.25, 0.3) is 11.1 Å². The van der Waals surface area contributed by atoms with E-state index in [-0.39, 0.29) is 0 Å². The van der Waals surface area contributed by atoms with Gasteiger partial charge in [-0.2, -0.15) is 0 Å². The largest absolute Gasteiger partial charge is 0.507 e. The number of phenols is 1. The molecule has 33 heavy (non-hydrogen) atoms. The lowest BCUT2D eigenvalue weighted by Crippen LogP contribution is -2.03.